The molecule has 19 heavy (non-hydrogen) atoms. The van der Waals surface area contributed by atoms with Crippen molar-refractivity contribution in [2.45, 2.75) is 26.2 Å². The third kappa shape index (κ3) is 5.57. The minimum atomic E-state index is 0.677. The van der Waals surface area contributed by atoms with Crippen LogP contribution in [-0.4, -0.2) is 24.9 Å². The molecule has 0 bridgehead atoms. The van der Waals surface area contributed by atoms with Crippen LogP contribution in [-0.2, 0) is 4.74 Å². The largest absolute Gasteiger partial charge is 0.381 e. The van der Waals surface area contributed by atoms with Crippen molar-refractivity contribution in [3.05, 3.63) is 29.8 Å². The van der Waals surface area contributed by atoms with Crippen molar-refractivity contribution in [1.29, 1.82) is 0 Å². The maximum Gasteiger partial charge on any atom is 0.170 e. The molecular weight excluding hydrogens is 256 g/mol. The Morgan fingerprint density at radius 1 is 1.37 bits per heavy atom. The Hall–Kier alpha value is -1.13. The molecule has 0 aliphatic heterocycles. The van der Waals surface area contributed by atoms with Crippen molar-refractivity contribution < 1.29 is 4.74 Å². The predicted octanol–water partition coefficient (Wildman–Crippen LogP) is 3.10. The molecule has 0 amide bonds. The van der Waals surface area contributed by atoms with E-state index in [2.05, 4.69) is 23.6 Å². The summed E-state index contributed by atoms with van der Waals surface area (Å²) < 4.78 is 5.57. The highest BCUT2D eigenvalue weighted by Crippen LogP contribution is 2.28. The molecule has 2 N–H and O–H groups in total. The highest BCUT2D eigenvalue weighted by Gasteiger charge is 2.20. The van der Waals surface area contributed by atoms with Gasteiger partial charge >= 0.3 is 0 Å². The van der Waals surface area contributed by atoms with E-state index >= 15 is 0 Å². The van der Waals surface area contributed by atoms with Gasteiger partial charge in [0.2, 0.25) is 0 Å². The van der Waals surface area contributed by atoms with Crippen molar-refractivity contribution in [3.63, 3.8) is 0 Å². The molecule has 1 aromatic carbocycles. The van der Waals surface area contributed by atoms with Crippen LogP contribution in [0.2, 0.25) is 0 Å². The summed E-state index contributed by atoms with van der Waals surface area (Å²) in [6.45, 7) is 4.67. The number of thiocarbonyl (C=S) groups is 1. The van der Waals surface area contributed by atoms with Crippen molar-refractivity contribution in [2.24, 2.45) is 5.92 Å². The van der Waals surface area contributed by atoms with Gasteiger partial charge in [-0.25, -0.2) is 0 Å². The van der Waals surface area contributed by atoms with E-state index in [1.165, 1.54) is 18.4 Å². The summed E-state index contributed by atoms with van der Waals surface area (Å²) in [6.07, 6.45) is 3.69. The summed E-state index contributed by atoms with van der Waals surface area (Å²) in [5, 5.41) is 7.09. The fraction of sp³-hybridized carbons (Fsp3) is 0.533. The normalized spacial score (nSPS) is 14.2. The number of para-hydroxylation sites is 1. The summed E-state index contributed by atoms with van der Waals surface area (Å²) in [5.41, 5.74) is 2.25. The maximum atomic E-state index is 5.57. The molecule has 0 unspecified atom stereocenters. The Labute approximate surface area is 120 Å². The predicted molar refractivity (Wildman–Crippen MR) is 83.6 cm³/mol. The maximum absolute atomic E-state index is 5.57. The van der Waals surface area contributed by atoms with Gasteiger partial charge in [-0.1, -0.05) is 18.2 Å². The zero-order valence-electron chi connectivity index (χ0n) is 11.4. The lowest BCUT2D eigenvalue weighted by Gasteiger charge is -2.12. The van der Waals surface area contributed by atoms with Crippen LogP contribution in [0.25, 0.3) is 0 Å². The van der Waals surface area contributed by atoms with E-state index in [0.717, 1.165) is 37.8 Å². The van der Waals surface area contributed by atoms with E-state index < -0.39 is 0 Å². The monoisotopic (exact) mass is 278 g/mol. The number of hydrogen-bond acceptors (Lipinski definition) is 2. The average molecular weight is 278 g/mol. The summed E-state index contributed by atoms with van der Waals surface area (Å²) in [6, 6.07) is 8.12. The number of benzene rings is 1. The fourth-order valence-electron chi connectivity index (χ4n) is 1.79. The molecule has 1 aliphatic carbocycles. The quantitative estimate of drug-likeness (QED) is 0.593. The number of aryl methyl sites for hydroxylation is 1. The molecule has 0 aromatic heterocycles. The van der Waals surface area contributed by atoms with E-state index in [-0.39, 0.29) is 0 Å². The molecule has 0 heterocycles. The third-order valence-corrected chi connectivity index (χ3v) is 3.44. The van der Waals surface area contributed by atoms with E-state index in [0.29, 0.717) is 5.11 Å². The molecule has 1 aromatic rings. The van der Waals surface area contributed by atoms with Crippen molar-refractivity contribution in [3.8, 4) is 0 Å². The van der Waals surface area contributed by atoms with Gasteiger partial charge in [-0.15, -0.1) is 0 Å². The van der Waals surface area contributed by atoms with Crippen LogP contribution < -0.4 is 10.6 Å². The molecule has 104 valence electrons. The number of nitrogens with one attached hydrogen (secondary N) is 2. The molecule has 0 saturated heterocycles. The van der Waals surface area contributed by atoms with Crippen molar-refractivity contribution in [1.82, 2.24) is 5.32 Å². The van der Waals surface area contributed by atoms with E-state index in [4.69, 9.17) is 17.0 Å². The van der Waals surface area contributed by atoms with Gasteiger partial charge in [-0.2, -0.15) is 0 Å². The van der Waals surface area contributed by atoms with E-state index in [9.17, 15) is 0 Å². The molecule has 1 fully saturated rings. The molecule has 3 nitrogen and oxygen atoms in total. The molecule has 0 atom stereocenters. The SMILES string of the molecule is Cc1ccccc1NC(=S)NCCCOCC1CC1. The van der Waals surface area contributed by atoms with Crippen LogP contribution in [0.15, 0.2) is 24.3 Å². The lowest BCUT2D eigenvalue weighted by molar-refractivity contribution is 0.123. The minimum absolute atomic E-state index is 0.677. The first kappa shape index (κ1) is 14.3. The Kier molecular flexibility index (Phi) is 5.61. The third-order valence-electron chi connectivity index (χ3n) is 3.19. The van der Waals surface area contributed by atoms with Gasteiger partial charge in [-0.3, -0.25) is 0 Å². The second kappa shape index (κ2) is 7.46. The molecule has 4 heteroatoms. The number of rotatable bonds is 7. The van der Waals surface area contributed by atoms with Crippen LogP contribution >= 0.6 is 12.2 Å². The van der Waals surface area contributed by atoms with Gasteiger partial charge in [-0.05, 0) is 56.0 Å². The smallest absolute Gasteiger partial charge is 0.170 e. The number of anilines is 1. The molecule has 1 saturated carbocycles. The van der Waals surface area contributed by atoms with Gasteiger partial charge < -0.3 is 15.4 Å². The summed E-state index contributed by atoms with van der Waals surface area (Å²) in [4.78, 5) is 0. The van der Waals surface area contributed by atoms with Crippen molar-refractivity contribution in [2.75, 3.05) is 25.1 Å². The topological polar surface area (TPSA) is 33.3 Å². The van der Waals surface area contributed by atoms with E-state index in [1.807, 2.05) is 18.2 Å². The van der Waals surface area contributed by atoms with E-state index in [1.54, 1.807) is 0 Å². The molecule has 2 rings (SSSR count). The Balaban J connectivity index is 1.55. The van der Waals surface area contributed by atoms with Crippen LogP contribution in [0.3, 0.4) is 0 Å². The zero-order chi connectivity index (χ0) is 13.5. The van der Waals surface area contributed by atoms with Gasteiger partial charge in [0.25, 0.3) is 0 Å². The number of hydrogen-bond donors (Lipinski definition) is 2. The summed E-state index contributed by atoms with van der Waals surface area (Å²) >= 11 is 5.26. The van der Waals surface area contributed by atoms with Crippen molar-refractivity contribution >= 4 is 23.0 Å². The van der Waals surface area contributed by atoms with Gasteiger partial charge in [0.05, 0.1) is 0 Å². The zero-order valence-corrected chi connectivity index (χ0v) is 12.3. The van der Waals surface area contributed by atoms with Crippen LogP contribution in [0.5, 0.6) is 0 Å². The van der Waals surface area contributed by atoms with Gasteiger partial charge in [0, 0.05) is 25.4 Å². The standard InChI is InChI=1S/C15H22N2OS/c1-12-5-2-3-6-14(12)17-15(19)16-9-4-10-18-11-13-7-8-13/h2-3,5-6,13H,4,7-11H2,1H3,(H2,16,17,19). The summed E-state index contributed by atoms with van der Waals surface area (Å²) in [5.74, 6) is 0.844. The van der Waals surface area contributed by atoms with Gasteiger partial charge in [0.15, 0.2) is 5.11 Å². The van der Waals surface area contributed by atoms with Crippen LogP contribution in [0, 0.1) is 12.8 Å². The van der Waals surface area contributed by atoms with Crippen LogP contribution in [0.1, 0.15) is 24.8 Å². The molecular formula is C15H22N2OS. The molecule has 0 radical (unpaired) electrons. The first-order valence-electron chi connectivity index (χ1n) is 6.94. The minimum Gasteiger partial charge on any atom is -0.381 e. The Bertz CT molecular complexity index is 418. The second-order valence-electron chi connectivity index (χ2n) is 5.07. The van der Waals surface area contributed by atoms with Gasteiger partial charge in [0.1, 0.15) is 0 Å². The molecule has 1 aliphatic rings. The second-order valence-corrected chi connectivity index (χ2v) is 5.48. The summed E-state index contributed by atoms with van der Waals surface area (Å²) in [7, 11) is 0. The number of ether oxygens (including phenoxy) is 1. The first-order chi connectivity index (χ1) is 9.25. The fourth-order valence-corrected chi connectivity index (χ4v) is 2.00. The highest BCUT2D eigenvalue weighted by atomic mass is 32.1. The molecule has 0 spiro atoms. The lowest BCUT2D eigenvalue weighted by Crippen LogP contribution is -2.30. The highest BCUT2D eigenvalue weighted by molar-refractivity contribution is 7.80. The Morgan fingerprint density at radius 2 is 2.16 bits per heavy atom. The Morgan fingerprint density at radius 3 is 2.89 bits per heavy atom. The lowest BCUT2D eigenvalue weighted by atomic mass is 10.2. The van der Waals surface area contributed by atoms with Crippen LogP contribution in [0.4, 0.5) is 5.69 Å². The average Bonchev–Trinajstić information content (AvgIpc) is 3.20. The first-order valence-corrected chi connectivity index (χ1v) is 7.35.